The molecule has 148 valence electrons. The fourth-order valence-electron chi connectivity index (χ4n) is 3.42. The van der Waals surface area contributed by atoms with Crippen molar-refractivity contribution < 1.29 is 14.7 Å². The van der Waals surface area contributed by atoms with Crippen LogP contribution in [0, 0.1) is 12.8 Å². The first-order valence-corrected chi connectivity index (χ1v) is 9.28. The first kappa shape index (κ1) is 19.8. The van der Waals surface area contributed by atoms with Crippen molar-refractivity contribution >= 4 is 23.3 Å². The Kier molecular flexibility index (Phi) is 5.89. The first-order chi connectivity index (χ1) is 13.4. The number of aliphatic hydroxyl groups is 1. The number of anilines is 2. The van der Waals surface area contributed by atoms with Gasteiger partial charge >= 0.3 is 11.8 Å². The summed E-state index contributed by atoms with van der Waals surface area (Å²) in [5, 5.41) is 11.8. The van der Waals surface area contributed by atoms with E-state index < -0.39 is 11.8 Å². The summed E-state index contributed by atoms with van der Waals surface area (Å²) in [7, 11) is 0. The lowest BCUT2D eigenvalue weighted by Gasteiger charge is -2.38. The lowest BCUT2D eigenvalue weighted by atomic mass is 9.90. The number of carbonyl (C=O) groups is 2. The summed E-state index contributed by atoms with van der Waals surface area (Å²) < 4.78 is 0. The maximum Gasteiger partial charge on any atom is 0.313 e. The molecule has 0 aromatic carbocycles. The molecule has 0 aliphatic carbocycles. The second-order valence-electron chi connectivity index (χ2n) is 7.28. The van der Waals surface area contributed by atoms with Crippen LogP contribution in [0.15, 0.2) is 30.6 Å². The van der Waals surface area contributed by atoms with E-state index in [1.165, 1.54) is 6.20 Å². The van der Waals surface area contributed by atoms with Crippen LogP contribution in [-0.4, -0.2) is 38.3 Å². The quantitative estimate of drug-likeness (QED) is 0.695. The summed E-state index contributed by atoms with van der Waals surface area (Å²) in [5.74, 6) is -0.603. The third-order valence-corrected chi connectivity index (χ3v) is 5.04. The van der Waals surface area contributed by atoms with E-state index in [9.17, 15) is 14.7 Å². The van der Waals surface area contributed by atoms with Crippen LogP contribution in [-0.2, 0) is 16.2 Å². The molecule has 1 aliphatic heterocycles. The Morgan fingerprint density at radius 2 is 2.07 bits per heavy atom. The Balaban J connectivity index is 1.78. The maximum absolute atomic E-state index is 12.9. The Bertz CT molecular complexity index is 869. The number of nitrogens with one attached hydrogen (secondary N) is 1. The van der Waals surface area contributed by atoms with Crippen LogP contribution in [0.3, 0.4) is 0 Å². The van der Waals surface area contributed by atoms with Crippen LogP contribution in [0.25, 0.3) is 0 Å². The van der Waals surface area contributed by atoms with Gasteiger partial charge in [0, 0.05) is 12.7 Å². The second kappa shape index (κ2) is 8.35. The molecule has 3 rings (SSSR count). The van der Waals surface area contributed by atoms with E-state index in [-0.39, 0.29) is 12.6 Å². The van der Waals surface area contributed by atoms with Gasteiger partial charge in [0.25, 0.3) is 0 Å². The molecule has 1 aliphatic rings. The van der Waals surface area contributed by atoms with E-state index in [0.717, 1.165) is 24.0 Å². The van der Waals surface area contributed by atoms with Crippen LogP contribution < -0.4 is 11.1 Å². The van der Waals surface area contributed by atoms with Gasteiger partial charge in [-0.1, -0.05) is 13.0 Å². The molecule has 3 heterocycles. The van der Waals surface area contributed by atoms with Crippen LogP contribution >= 0.6 is 0 Å². The molecule has 1 saturated heterocycles. The van der Waals surface area contributed by atoms with E-state index >= 15 is 0 Å². The van der Waals surface area contributed by atoms with Gasteiger partial charge in [0.1, 0.15) is 5.82 Å². The molecule has 0 saturated carbocycles. The number of carbonyl (C=O) groups excluding carboxylic acids is 2. The summed E-state index contributed by atoms with van der Waals surface area (Å²) in [6.45, 7) is 4.21. The molecule has 2 amide bonds. The molecule has 0 unspecified atom stereocenters. The van der Waals surface area contributed by atoms with Crippen LogP contribution in [0.1, 0.15) is 42.6 Å². The lowest BCUT2D eigenvalue weighted by molar-refractivity contribution is -0.146. The Hall–Kier alpha value is -3.00. The average molecular weight is 383 g/mol. The topological polar surface area (TPSA) is 121 Å². The van der Waals surface area contributed by atoms with Gasteiger partial charge in [-0.15, -0.1) is 0 Å². The highest BCUT2D eigenvalue weighted by Crippen LogP contribution is 2.33. The molecule has 1 fully saturated rings. The van der Waals surface area contributed by atoms with Crippen LogP contribution in [0.2, 0.25) is 0 Å². The monoisotopic (exact) mass is 383 g/mol. The number of aryl methyl sites for hydroxylation is 1. The SMILES string of the molecule is Cc1cc(NC(=O)C(=O)N2C[C@@H](C)CC[C@@H]2c2ccc(CO)nc2)cnc1N. The number of aliphatic hydroxyl groups excluding tert-OH is 1. The fourth-order valence-corrected chi connectivity index (χ4v) is 3.42. The number of piperidine rings is 1. The standard InChI is InChI=1S/C20H25N5O3/c1-12-3-6-17(14-4-5-15(11-26)22-8-14)25(10-12)20(28)19(27)24-16-7-13(2)18(21)23-9-16/h4-5,7-9,12,17,26H,3,6,10-11H2,1-2H3,(H2,21,23)(H,24,27)/t12-,17+/m0/s1. The smallest absolute Gasteiger partial charge is 0.313 e. The van der Waals surface area contributed by atoms with E-state index in [0.29, 0.717) is 29.7 Å². The van der Waals surface area contributed by atoms with Gasteiger partial charge in [-0.05, 0) is 48.9 Å². The van der Waals surface area contributed by atoms with Gasteiger partial charge < -0.3 is 21.1 Å². The number of nitrogens with two attached hydrogens (primary N) is 1. The largest absolute Gasteiger partial charge is 0.390 e. The zero-order valence-electron chi connectivity index (χ0n) is 16.1. The number of nitrogens with zero attached hydrogens (tertiary/aromatic N) is 3. The molecule has 0 radical (unpaired) electrons. The average Bonchev–Trinajstić information content (AvgIpc) is 2.70. The number of pyridine rings is 2. The van der Waals surface area contributed by atoms with Crippen LogP contribution in [0.4, 0.5) is 11.5 Å². The van der Waals surface area contributed by atoms with E-state index in [1.54, 1.807) is 30.2 Å². The minimum absolute atomic E-state index is 0.137. The molecule has 28 heavy (non-hydrogen) atoms. The van der Waals surface area contributed by atoms with Crippen molar-refractivity contribution in [3.63, 3.8) is 0 Å². The van der Waals surface area contributed by atoms with Gasteiger partial charge in [0.05, 0.1) is 30.2 Å². The second-order valence-corrected chi connectivity index (χ2v) is 7.28. The highest BCUT2D eigenvalue weighted by atomic mass is 16.3. The molecular weight excluding hydrogens is 358 g/mol. The summed E-state index contributed by atoms with van der Waals surface area (Å²) in [4.78, 5) is 35.3. The van der Waals surface area contributed by atoms with Crippen molar-refractivity contribution in [2.45, 2.75) is 39.3 Å². The minimum atomic E-state index is -0.704. The number of nitrogen functional groups attached to an aromatic ring is 1. The van der Waals surface area contributed by atoms with Crippen LogP contribution in [0.5, 0.6) is 0 Å². The van der Waals surface area contributed by atoms with Crippen molar-refractivity contribution in [1.82, 2.24) is 14.9 Å². The number of likely N-dealkylation sites (tertiary alicyclic amines) is 1. The molecule has 8 heteroatoms. The zero-order chi connectivity index (χ0) is 20.3. The van der Waals surface area contributed by atoms with Gasteiger partial charge in [0.2, 0.25) is 0 Å². The molecular formula is C20H25N5O3. The molecule has 8 nitrogen and oxygen atoms in total. The first-order valence-electron chi connectivity index (χ1n) is 9.28. The Labute approximate surface area is 163 Å². The van der Waals surface area contributed by atoms with Crippen molar-refractivity contribution in [2.75, 3.05) is 17.6 Å². The third kappa shape index (κ3) is 4.28. The predicted molar refractivity (Wildman–Crippen MR) is 105 cm³/mol. The Morgan fingerprint density at radius 1 is 1.29 bits per heavy atom. The van der Waals surface area contributed by atoms with Crippen molar-refractivity contribution in [1.29, 1.82) is 0 Å². The molecule has 2 atom stereocenters. The molecule has 0 bridgehead atoms. The fraction of sp³-hybridized carbons (Fsp3) is 0.400. The lowest BCUT2D eigenvalue weighted by Crippen LogP contribution is -2.46. The van der Waals surface area contributed by atoms with Crippen molar-refractivity contribution in [2.24, 2.45) is 5.92 Å². The molecule has 2 aromatic heterocycles. The van der Waals surface area contributed by atoms with Gasteiger partial charge in [-0.2, -0.15) is 0 Å². The number of amides is 2. The predicted octanol–water partition coefficient (Wildman–Crippen LogP) is 1.80. The summed E-state index contributed by atoms with van der Waals surface area (Å²) in [6.07, 6.45) is 4.81. The number of hydrogen-bond donors (Lipinski definition) is 3. The number of hydrogen-bond acceptors (Lipinski definition) is 6. The van der Waals surface area contributed by atoms with E-state index in [2.05, 4.69) is 22.2 Å². The molecule has 2 aromatic rings. The highest BCUT2D eigenvalue weighted by Gasteiger charge is 2.34. The third-order valence-electron chi connectivity index (χ3n) is 5.04. The van der Waals surface area contributed by atoms with E-state index in [1.807, 2.05) is 6.07 Å². The molecule has 0 spiro atoms. The molecule has 4 N–H and O–H groups in total. The highest BCUT2D eigenvalue weighted by molar-refractivity contribution is 6.39. The maximum atomic E-state index is 12.9. The van der Waals surface area contributed by atoms with Gasteiger partial charge in [0.15, 0.2) is 0 Å². The van der Waals surface area contributed by atoms with Crippen molar-refractivity contribution in [3.05, 3.63) is 47.4 Å². The normalized spacial score (nSPS) is 19.3. The summed E-state index contributed by atoms with van der Waals surface area (Å²) in [5.41, 5.74) is 8.27. The summed E-state index contributed by atoms with van der Waals surface area (Å²) in [6, 6.07) is 5.05. The number of rotatable bonds is 3. The van der Waals surface area contributed by atoms with E-state index in [4.69, 9.17) is 5.73 Å². The summed E-state index contributed by atoms with van der Waals surface area (Å²) >= 11 is 0. The number of aromatic nitrogens is 2. The minimum Gasteiger partial charge on any atom is -0.390 e. The Morgan fingerprint density at radius 3 is 2.71 bits per heavy atom. The van der Waals surface area contributed by atoms with Gasteiger partial charge in [-0.25, -0.2) is 4.98 Å². The zero-order valence-corrected chi connectivity index (χ0v) is 16.1. The van der Waals surface area contributed by atoms with Crippen molar-refractivity contribution in [3.8, 4) is 0 Å². The van der Waals surface area contributed by atoms with Gasteiger partial charge in [-0.3, -0.25) is 14.6 Å².